The van der Waals surface area contributed by atoms with Gasteiger partial charge in [0, 0.05) is 26.7 Å². The van der Waals surface area contributed by atoms with Gasteiger partial charge < -0.3 is 20.3 Å². The van der Waals surface area contributed by atoms with Gasteiger partial charge in [0.1, 0.15) is 5.60 Å². The van der Waals surface area contributed by atoms with Crippen molar-refractivity contribution >= 4 is 36.0 Å². The van der Waals surface area contributed by atoms with E-state index in [2.05, 4.69) is 15.6 Å². The maximum atomic E-state index is 12.0. The van der Waals surface area contributed by atoms with Crippen molar-refractivity contribution in [1.29, 1.82) is 0 Å². The molecule has 0 spiro atoms. The lowest BCUT2D eigenvalue weighted by atomic mass is 10.1. The molecule has 1 fully saturated rings. The average molecular weight is 416 g/mol. The molecule has 2 N–H and O–H groups in total. The van der Waals surface area contributed by atoms with E-state index in [1.54, 1.807) is 11.9 Å². The number of nitrogens with zero attached hydrogens (tertiary/aromatic N) is 2. The Balaban J connectivity index is 0.00000400. The smallest absolute Gasteiger partial charge is 0.410 e. The second kappa shape index (κ2) is 9.26. The molecular formula is C13H26FIN4O2. The van der Waals surface area contributed by atoms with Gasteiger partial charge in [-0.05, 0) is 27.2 Å². The molecule has 21 heavy (non-hydrogen) atoms. The predicted octanol–water partition coefficient (Wildman–Crippen LogP) is 1.75. The summed E-state index contributed by atoms with van der Waals surface area (Å²) in [5.41, 5.74) is -0.473. The second-order valence-corrected chi connectivity index (χ2v) is 5.77. The molecule has 0 aromatic heterocycles. The van der Waals surface area contributed by atoms with Gasteiger partial charge in [-0.2, -0.15) is 0 Å². The molecule has 1 aliphatic heterocycles. The van der Waals surface area contributed by atoms with Crippen molar-refractivity contribution in [3.63, 3.8) is 0 Å². The summed E-state index contributed by atoms with van der Waals surface area (Å²) in [6.45, 7) is 6.89. The first-order valence-electron chi connectivity index (χ1n) is 6.87. The number of amides is 1. The van der Waals surface area contributed by atoms with Crippen molar-refractivity contribution in [1.82, 2.24) is 15.5 Å². The highest BCUT2D eigenvalue weighted by Crippen LogP contribution is 2.14. The van der Waals surface area contributed by atoms with Gasteiger partial charge in [-0.3, -0.25) is 9.38 Å². The Labute approximate surface area is 142 Å². The normalized spacial score (nSPS) is 15.9. The quantitative estimate of drug-likeness (QED) is 0.317. The summed E-state index contributed by atoms with van der Waals surface area (Å²) in [5.74, 6) is 0.632. The monoisotopic (exact) mass is 416 g/mol. The molecule has 0 unspecified atom stereocenters. The number of hydrogen-bond donors (Lipinski definition) is 2. The molecule has 6 nitrogen and oxygen atoms in total. The van der Waals surface area contributed by atoms with Gasteiger partial charge >= 0.3 is 6.09 Å². The van der Waals surface area contributed by atoms with Crippen molar-refractivity contribution in [2.75, 3.05) is 33.4 Å². The van der Waals surface area contributed by atoms with Crippen molar-refractivity contribution in [3.05, 3.63) is 0 Å². The molecule has 1 heterocycles. The standard InChI is InChI=1S/C13H25FN4O2.HI/c1-13(2,3)20-12(19)18-8-10(9-18)17-11(15-4)16-7-5-6-14;/h10H,5-9H2,1-4H3,(H2,15,16,17);1H. The summed E-state index contributed by atoms with van der Waals surface area (Å²) < 4.78 is 17.3. The molecule has 0 atom stereocenters. The highest BCUT2D eigenvalue weighted by Gasteiger charge is 2.34. The number of hydrogen-bond acceptors (Lipinski definition) is 3. The number of halogens is 2. The second-order valence-electron chi connectivity index (χ2n) is 5.77. The van der Waals surface area contributed by atoms with E-state index >= 15 is 0 Å². The lowest BCUT2D eigenvalue weighted by Crippen LogP contribution is -2.63. The lowest BCUT2D eigenvalue weighted by molar-refractivity contribution is 0.00701. The minimum Gasteiger partial charge on any atom is -0.444 e. The Morgan fingerprint density at radius 2 is 2.05 bits per heavy atom. The number of carbonyl (C=O) groups excluding carboxylic acids is 1. The van der Waals surface area contributed by atoms with Gasteiger partial charge in [0.2, 0.25) is 0 Å². The number of carbonyl (C=O) groups is 1. The number of guanidine groups is 1. The van der Waals surface area contributed by atoms with Crippen LogP contribution in [-0.2, 0) is 4.74 Å². The van der Waals surface area contributed by atoms with E-state index < -0.39 is 5.60 Å². The molecule has 0 saturated carbocycles. The first kappa shape index (κ1) is 20.2. The van der Waals surface area contributed by atoms with Crippen LogP contribution < -0.4 is 10.6 Å². The summed E-state index contributed by atoms with van der Waals surface area (Å²) in [7, 11) is 1.66. The molecule has 8 heteroatoms. The van der Waals surface area contributed by atoms with Crippen LogP contribution in [0.1, 0.15) is 27.2 Å². The Morgan fingerprint density at radius 1 is 1.43 bits per heavy atom. The van der Waals surface area contributed by atoms with E-state index in [4.69, 9.17) is 4.74 Å². The fourth-order valence-electron chi connectivity index (χ4n) is 1.71. The fraction of sp³-hybridized carbons (Fsp3) is 0.846. The summed E-state index contributed by atoms with van der Waals surface area (Å²) >= 11 is 0. The predicted molar refractivity (Wildman–Crippen MR) is 92.1 cm³/mol. The number of ether oxygens (including phenoxy) is 1. The SMILES string of the molecule is CN=C(NCCCF)NC1CN(C(=O)OC(C)(C)C)C1.I. The first-order valence-corrected chi connectivity index (χ1v) is 6.87. The molecule has 0 aromatic carbocycles. The minimum atomic E-state index is -0.473. The zero-order valence-electron chi connectivity index (χ0n) is 13.1. The molecule has 1 aliphatic rings. The molecule has 0 aromatic rings. The van der Waals surface area contributed by atoms with Gasteiger partial charge in [-0.25, -0.2) is 4.79 Å². The Morgan fingerprint density at radius 3 is 2.52 bits per heavy atom. The third-order valence-corrected chi connectivity index (χ3v) is 2.70. The van der Waals surface area contributed by atoms with Crippen LogP contribution >= 0.6 is 24.0 Å². The largest absolute Gasteiger partial charge is 0.444 e. The number of rotatable bonds is 4. The summed E-state index contributed by atoms with van der Waals surface area (Å²) in [6.07, 6.45) is 0.158. The van der Waals surface area contributed by atoms with Crippen LogP contribution in [-0.4, -0.2) is 62.0 Å². The van der Waals surface area contributed by atoms with Gasteiger partial charge in [-0.15, -0.1) is 24.0 Å². The third kappa shape index (κ3) is 7.68. The molecule has 1 saturated heterocycles. The Bertz CT molecular complexity index is 355. The van der Waals surface area contributed by atoms with Crippen LogP contribution in [0, 0.1) is 0 Å². The molecular weight excluding hydrogens is 390 g/mol. The van der Waals surface area contributed by atoms with E-state index in [0.717, 1.165) is 0 Å². The van der Waals surface area contributed by atoms with Gasteiger partial charge in [-0.1, -0.05) is 0 Å². The minimum absolute atomic E-state index is 0. The molecule has 0 radical (unpaired) electrons. The van der Waals surface area contributed by atoms with E-state index in [1.165, 1.54) is 0 Å². The fourth-order valence-corrected chi connectivity index (χ4v) is 1.71. The van der Waals surface area contributed by atoms with Crippen LogP contribution in [0.2, 0.25) is 0 Å². The van der Waals surface area contributed by atoms with Gasteiger partial charge in [0.05, 0.1) is 12.7 Å². The van der Waals surface area contributed by atoms with E-state index in [9.17, 15) is 9.18 Å². The number of alkyl halides is 1. The van der Waals surface area contributed by atoms with E-state index in [1.807, 2.05) is 20.8 Å². The summed E-state index contributed by atoms with van der Waals surface area (Å²) in [4.78, 5) is 17.4. The molecule has 0 aliphatic carbocycles. The van der Waals surface area contributed by atoms with E-state index in [-0.39, 0.29) is 42.8 Å². The van der Waals surface area contributed by atoms with Crippen LogP contribution in [0.25, 0.3) is 0 Å². The van der Waals surface area contributed by atoms with Crippen molar-refractivity contribution in [3.8, 4) is 0 Å². The van der Waals surface area contributed by atoms with Gasteiger partial charge in [0.15, 0.2) is 5.96 Å². The molecule has 1 rings (SSSR count). The topological polar surface area (TPSA) is 66.0 Å². The molecule has 0 bridgehead atoms. The first-order chi connectivity index (χ1) is 9.35. The molecule has 124 valence electrons. The zero-order chi connectivity index (χ0) is 15.2. The van der Waals surface area contributed by atoms with Crippen molar-refractivity contribution < 1.29 is 13.9 Å². The summed E-state index contributed by atoms with van der Waals surface area (Å²) in [5, 5.41) is 6.19. The highest BCUT2D eigenvalue weighted by atomic mass is 127. The van der Waals surface area contributed by atoms with Crippen LogP contribution in [0.4, 0.5) is 9.18 Å². The number of aliphatic imine (C=N–C) groups is 1. The lowest BCUT2D eigenvalue weighted by Gasteiger charge is -2.40. The maximum absolute atomic E-state index is 12.0. The van der Waals surface area contributed by atoms with Gasteiger partial charge in [0.25, 0.3) is 0 Å². The highest BCUT2D eigenvalue weighted by molar-refractivity contribution is 14.0. The Hall–Kier alpha value is -0.800. The van der Waals surface area contributed by atoms with Crippen LogP contribution in [0.3, 0.4) is 0 Å². The van der Waals surface area contributed by atoms with Crippen molar-refractivity contribution in [2.24, 2.45) is 4.99 Å². The van der Waals surface area contributed by atoms with E-state index in [0.29, 0.717) is 32.0 Å². The zero-order valence-corrected chi connectivity index (χ0v) is 15.4. The van der Waals surface area contributed by atoms with Crippen LogP contribution in [0.15, 0.2) is 4.99 Å². The number of nitrogens with one attached hydrogen (secondary N) is 2. The van der Waals surface area contributed by atoms with Crippen molar-refractivity contribution in [2.45, 2.75) is 38.8 Å². The third-order valence-electron chi connectivity index (χ3n) is 2.70. The van der Waals surface area contributed by atoms with Crippen LogP contribution in [0.5, 0.6) is 0 Å². The number of likely N-dealkylation sites (tertiary alicyclic amines) is 1. The maximum Gasteiger partial charge on any atom is 0.410 e. The summed E-state index contributed by atoms with van der Waals surface area (Å²) in [6, 6.07) is 0.152. The molecule has 1 amide bonds. The average Bonchev–Trinajstić information content (AvgIpc) is 2.28. The Kier molecular flexibility index (Phi) is 8.91.